The van der Waals surface area contributed by atoms with E-state index in [1.165, 1.54) is 38.5 Å². The molecule has 0 aliphatic rings. The molecule has 0 fully saturated rings. The van der Waals surface area contributed by atoms with Gasteiger partial charge in [0.1, 0.15) is 0 Å². The Morgan fingerprint density at radius 1 is 0.903 bits per heavy atom. The normalized spacial score (nSPS) is 13.9. The first-order valence-electron chi connectivity index (χ1n) is 12.1. The quantitative estimate of drug-likeness (QED) is 0.122. The molecule has 0 spiro atoms. The average molecular weight is 458 g/mol. The van der Waals surface area contributed by atoms with E-state index in [1.807, 2.05) is 13.8 Å². The van der Waals surface area contributed by atoms with E-state index in [2.05, 4.69) is 36.5 Å². The number of allylic oxidation sites excluding steroid dienone is 4. The number of amides is 1. The van der Waals surface area contributed by atoms with Crippen molar-refractivity contribution >= 4 is 14.2 Å². The number of unbranched alkanes of at least 4 members (excludes halogenated alkanes) is 8. The lowest BCUT2D eigenvalue weighted by Crippen LogP contribution is -2.48. The van der Waals surface area contributed by atoms with Gasteiger partial charge in [0, 0.05) is 12.0 Å². The molecule has 0 rings (SSSR count). The van der Waals surface area contributed by atoms with Crippen LogP contribution >= 0.6 is 8.25 Å². The molecule has 0 bridgehead atoms. The monoisotopic (exact) mass is 457 g/mol. The van der Waals surface area contributed by atoms with Gasteiger partial charge in [-0.15, -0.1) is 0 Å². The van der Waals surface area contributed by atoms with E-state index in [9.17, 15) is 9.36 Å². The summed E-state index contributed by atoms with van der Waals surface area (Å²) < 4.78 is 16.0. The van der Waals surface area contributed by atoms with Crippen LogP contribution in [0.2, 0.25) is 0 Å². The molecule has 31 heavy (non-hydrogen) atoms. The van der Waals surface area contributed by atoms with Crippen LogP contribution in [0.5, 0.6) is 0 Å². The zero-order chi connectivity index (χ0) is 23.6. The highest BCUT2D eigenvalue weighted by molar-refractivity contribution is 7.32. The fourth-order valence-corrected chi connectivity index (χ4v) is 4.46. The molecule has 0 aliphatic heterocycles. The third kappa shape index (κ3) is 20.7. The van der Waals surface area contributed by atoms with E-state index in [4.69, 9.17) is 9.42 Å². The van der Waals surface area contributed by atoms with E-state index >= 15 is 0 Å². The van der Waals surface area contributed by atoms with Gasteiger partial charge in [0.25, 0.3) is 0 Å². The van der Waals surface area contributed by atoms with Gasteiger partial charge in [-0.2, -0.15) is 0 Å². The van der Waals surface area contributed by atoms with Gasteiger partial charge in [-0.3, -0.25) is 9.36 Å². The Labute approximate surface area is 192 Å². The summed E-state index contributed by atoms with van der Waals surface area (Å²) in [4.78, 5) is 21.2. The highest BCUT2D eigenvalue weighted by atomic mass is 31.1. The summed E-state index contributed by atoms with van der Waals surface area (Å²) in [5, 5.41) is 3.03. The minimum atomic E-state index is -3.00. The van der Waals surface area contributed by atoms with Gasteiger partial charge in [0.05, 0.1) is 5.60 Å². The van der Waals surface area contributed by atoms with Crippen molar-refractivity contribution in [2.75, 3.05) is 0 Å². The molecule has 0 aromatic rings. The maximum Gasteiger partial charge on any atom is 0.317 e. The van der Waals surface area contributed by atoms with E-state index in [0.29, 0.717) is 12.8 Å². The summed E-state index contributed by atoms with van der Waals surface area (Å²) >= 11 is 0. The molecule has 1 unspecified atom stereocenters. The van der Waals surface area contributed by atoms with Crippen LogP contribution in [0.15, 0.2) is 24.3 Å². The van der Waals surface area contributed by atoms with Crippen LogP contribution in [0.4, 0.5) is 0 Å². The van der Waals surface area contributed by atoms with E-state index in [-0.39, 0.29) is 5.91 Å². The summed E-state index contributed by atoms with van der Waals surface area (Å²) in [5.41, 5.74) is -1.25. The number of rotatable bonds is 19. The molecule has 2 N–H and O–H groups in total. The first-order chi connectivity index (χ1) is 14.6. The van der Waals surface area contributed by atoms with Crippen molar-refractivity contribution in [2.24, 2.45) is 0 Å². The molecule has 5 nitrogen and oxygen atoms in total. The lowest BCUT2D eigenvalue weighted by Gasteiger charge is -2.34. The molecule has 0 saturated carbocycles. The van der Waals surface area contributed by atoms with Crippen molar-refractivity contribution < 1.29 is 18.8 Å². The van der Waals surface area contributed by atoms with E-state index < -0.39 is 19.4 Å². The topological polar surface area (TPSA) is 75.6 Å². The Hall–Kier alpha value is -0.900. The lowest BCUT2D eigenvalue weighted by molar-refractivity contribution is -0.123. The average Bonchev–Trinajstić information content (AvgIpc) is 2.62. The molecular formula is C25H48NO4P. The van der Waals surface area contributed by atoms with Crippen LogP contribution in [0.3, 0.4) is 0 Å². The predicted octanol–water partition coefficient (Wildman–Crippen LogP) is 7.26. The standard InChI is InChI=1S/C25H48NO4P/c1-6-7-8-9-10-11-12-13-14-15-16-17-18-19-20-21-23(27)26-24(2,3)22-25(4,5)30-31(28)29/h10-11,13-14,31H,6-9,12,15-22H2,1-5H3,(H,26,27)(H,28,29)/b11-10-,14-13-. The maximum absolute atomic E-state index is 12.2. The molecule has 0 aliphatic carbocycles. The Morgan fingerprint density at radius 3 is 2.03 bits per heavy atom. The summed E-state index contributed by atoms with van der Waals surface area (Å²) in [6.45, 7) is 9.60. The fourth-order valence-electron chi connectivity index (χ4n) is 3.92. The van der Waals surface area contributed by atoms with E-state index in [1.54, 1.807) is 13.8 Å². The number of hydrogen-bond acceptors (Lipinski definition) is 3. The number of nitrogens with one attached hydrogen (secondary N) is 1. The molecule has 1 amide bonds. The molecule has 0 heterocycles. The van der Waals surface area contributed by atoms with Crippen molar-refractivity contribution in [1.82, 2.24) is 5.32 Å². The number of hydrogen-bond donors (Lipinski definition) is 2. The number of carbonyl (C=O) groups is 1. The first kappa shape index (κ1) is 30.1. The van der Waals surface area contributed by atoms with Crippen molar-refractivity contribution in [3.8, 4) is 0 Å². The van der Waals surface area contributed by atoms with Crippen LogP contribution in [0.1, 0.15) is 118 Å². The number of carbonyl (C=O) groups excluding carboxylic acids is 1. The predicted molar refractivity (Wildman–Crippen MR) is 133 cm³/mol. The maximum atomic E-state index is 12.2. The first-order valence-corrected chi connectivity index (χ1v) is 13.4. The minimum Gasteiger partial charge on any atom is -0.351 e. The lowest BCUT2D eigenvalue weighted by atomic mass is 9.89. The van der Waals surface area contributed by atoms with Crippen molar-refractivity contribution in [1.29, 1.82) is 0 Å². The van der Waals surface area contributed by atoms with E-state index in [0.717, 1.165) is 32.1 Å². The van der Waals surface area contributed by atoms with Crippen LogP contribution in [-0.2, 0) is 13.9 Å². The molecule has 182 valence electrons. The third-order valence-electron chi connectivity index (χ3n) is 5.06. The van der Waals surface area contributed by atoms with Crippen LogP contribution in [-0.4, -0.2) is 21.9 Å². The van der Waals surface area contributed by atoms with Crippen molar-refractivity contribution in [3.63, 3.8) is 0 Å². The second-order valence-corrected chi connectivity index (χ2v) is 10.5. The Kier molecular flexibility index (Phi) is 17.1. The van der Waals surface area contributed by atoms with Gasteiger partial charge < -0.3 is 14.7 Å². The van der Waals surface area contributed by atoms with Crippen LogP contribution < -0.4 is 5.32 Å². The second kappa shape index (κ2) is 17.6. The molecule has 0 radical (unpaired) electrons. The summed E-state index contributed by atoms with van der Waals surface area (Å²) in [6, 6.07) is 0. The highest BCUT2D eigenvalue weighted by Gasteiger charge is 2.31. The molecule has 0 aromatic heterocycles. The van der Waals surface area contributed by atoms with Gasteiger partial charge in [-0.05, 0) is 72.6 Å². The molecule has 6 heteroatoms. The Bertz CT molecular complexity index is 556. The third-order valence-corrected chi connectivity index (χ3v) is 5.79. The molecular weight excluding hydrogens is 409 g/mol. The van der Waals surface area contributed by atoms with Gasteiger partial charge in [-0.1, -0.05) is 63.3 Å². The smallest absolute Gasteiger partial charge is 0.317 e. The van der Waals surface area contributed by atoms with Gasteiger partial charge in [0.15, 0.2) is 0 Å². The van der Waals surface area contributed by atoms with Crippen molar-refractivity contribution in [3.05, 3.63) is 24.3 Å². The molecule has 0 aromatic carbocycles. The zero-order valence-corrected chi connectivity index (χ0v) is 21.7. The zero-order valence-electron chi connectivity index (χ0n) is 20.7. The Morgan fingerprint density at radius 2 is 1.45 bits per heavy atom. The SMILES string of the molecule is CCCCC/C=C\C/C=C\CCCCCCCC(=O)NC(C)(C)CC(C)(C)O[PH](=O)O. The van der Waals surface area contributed by atoms with Gasteiger partial charge in [0.2, 0.25) is 5.91 Å². The summed E-state index contributed by atoms with van der Waals surface area (Å²) in [7, 11) is -3.00. The fraction of sp³-hybridized carbons (Fsp3) is 0.800. The summed E-state index contributed by atoms with van der Waals surface area (Å²) in [6.07, 6.45) is 22.9. The van der Waals surface area contributed by atoms with Gasteiger partial charge in [-0.25, -0.2) is 0 Å². The highest BCUT2D eigenvalue weighted by Crippen LogP contribution is 2.32. The summed E-state index contributed by atoms with van der Waals surface area (Å²) in [5.74, 6) is 0.0307. The van der Waals surface area contributed by atoms with Crippen LogP contribution in [0, 0.1) is 0 Å². The van der Waals surface area contributed by atoms with Crippen molar-refractivity contribution in [2.45, 2.75) is 129 Å². The molecule has 0 saturated heterocycles. The Balaban J connectivity index is 3.75. The second-order valence-electron chi connectivity index (χ2n) is 9.72. The minimum absolute atomic E-state index is 0.0307. The van der Waals surface area contributed by atoms with Gasteiger partial charge >= 0.3 is 8.25 Å². The molecule has 1 atom stereocenters. The largest absolute Gasteiger partial charge is 0.351 e. The van der Waals surface area contributed by atoms with Crippen LogP contribution in [0.25, 0.3) is 0 Å².